The zero-order chi connectivity index (χ0) is 14.5. The second kappa shape index (κ2) is 6.86. The first kappa shape index (κ1) is 15.0. The van der Waals surface area contributed by atoms with Crippen LogP contribution in [0.15, 0.2) is 18.2 Å². The van der Waals surface area contributed by atoms with E-state index in [0.29, 0.717) is 13.0 Å². The van der Waals surface area contributed by atoms with E-state index in [1.807, 2.05) is 6.92 Å². The molecule has 0 saturated carbocycles. The maximum Gasteiger partial charge on any atom is 0.222 e. The molecule has 1 aromatic rings. The van der Waals surface area contributed by atoms with Crippen molar-refractivity contribution in [2.75, 3.05) is 19.8 Å². The lowest BCUT2D eigenvalue weighted by Gasteiger charge is -2.24. The molecule has 1 saturated heterocycles. The Balaban J connectivity index is 1.89. The number of hydrogen-bond donors (Lipinski definition) is 2. The van der Waals surface area contributed by atoms with E-state index >= 15 is 0 Å². The first-order valence-electron chi connectivity index (χ1n) is 7.23. The average Bonchev–Trinajstić information content (AvgIpc) is 2.38. The quantitative estimate of drug-likeness (QED) is 0.882. The van der Waals surface area contributed by atoms with Gasteiger partial charge in [0, 0.05) is 19.0 Å². The highest BCUT2D eigenvalue weighted by Crippen LogP contribution is 2.16. The van der Waals surface area contributed by atoms with Crippen molar-refractivity contribution >= 4 is 5.91 Å². The van der Waals surface area contributed by atoms with E-state index in [1.54, 1.807) is 0 Å². The molecule has 1 amide bonds. The molecule has 0 bridgehead atoms. The zero-order valence-electron chi connectivity index (χ0n) is 12.5. The van der Waals surface area contributed by atoms with Crippen molar-refractivity contribution in [1.82, 2.24) is 10.6 Å². The predicted octanol–water partition coefficient (Wildman–Crippen LogP) is 1.86. The molecule has 1 aliphatic rings. The number of morpholine rings is 1. The van der Waals surface area contributed by atoms with Gasteiger partial charge in [-0.05, 0) is 26.3 Å². The van der Waals surface area contributed by atoms with Crippen LogP contribution in [0, 0.1) is 13.8 Å². The molecular weight excluding hydrogens is 252 g/mol. The first-order chi connectivity index (χ1) is 9.54. The maximum absolute atomic E-state index is 12.1. The summed E-state index contributed by atoms with van der Waals surface area (Å²) in [5, 5.41) is 6.36. The molecule has 1 aromatic carbocycles. The van der Waals surface area contributed by atoms with Crippen LogP contribution in [-0.2, 0) is 9.53 Å². The zero-order valence-corrected chi connectivity index (χ0v) is 12.5. The summed E-state index contributed by atoms with van der Waals surface area (Å²) < 4.78 is 5.36. The van der Waals surface area contributed by atoms with Crippen LogP contribution in [0.2, 0.25) is 0 Å². The Morgan fingerprint density at radius 1 is 1.40 bits per heavy atom. The molecule has 2 unspecified atom stereocenters. The number of amides is 1. The highest BCUT2D eigenvalue weighted by Gasteiger charge is 2.18. The Hall–Kier alpha value is -1.39. The SMILES string of the molecule is Cc1cc(C)cc(C(C)NC(=O)CC2COCCN2)c1. The Labute approximate surface area is 120 Å². The van der Waals surface area contributed by atoms with Crippen molar-refractivity contribution in [2.24, 2.45) is 0 Å². The third kappa shape index (κ3) is 4.32. The molecule has 1 heterocycles. The van der Waals surface area contributed by atoms with E-state index in [0.717, 1.165) is 18.7 Å². The highest BCUT2D eigenvalue weighted by molar-refractivity contribution is 5.77. The third-order valence-electron chi connectivity index (χ3n) is 3.55. The van der Waals surface area contributed by atoms with Gasteiger partial charge in [0.15, 0.2) is 0 Å². The van der Waals surface area contributed by atoms with E-state index in [1.165, 1.54) is 11.1 Å². The molecule has 2 atom stereocenters. The van der Waals surface area contributed by atoms with Crippen molar-refractivity contribution in [3.63, 3.8) is 0 Å². The van der Waals surface area contributed by atoms with Crippen LogP contribution in [-0.4, -0.2) is 31.7 Å². The van der Waals surface area contributed by atoms with Gasteiger partial charge >= 0.3 is 0 Å². The summed E-state index contributed by atoms with van der Waals surface area (Å²) in [6.45, 7) is 8.35. The maximum atomic E-state index is 12.1. The fourth-order valence-electron chi connectivity index (χ4n) is 2.62. The van der Waals surface area contributed by atoms with Crippen molar-refractivity contribution in [3.8, 4) is 0 Å². The van der Waals surface area contributed by atoms with Crippen molar-refractivity contribution < 1.29 is 9.53 Å². The van der Waals surface area contributed by atoms with Gasteiger partial charge in [0.2, 0.25) is 5.91 Å². The van der Waals surface area contributed by atoms with Crippen LogP contribution in [0.1, 0.15) is 36.1 Å². The van der Waals surface area contributed by atoms with Gasteiger partial charge in [-0.15, -0.1) is 0 Å². The topological polar surface area (TPSA) is 50.4 Å². The molecule has 0 aromatic heterocycles. The Bertz CT molecular complexity index is 447. The van der Waals surface area contributed by atoms with Crippen LogP contribution in [0.4, 0.5) is 0 Å². The van der Waals surface area contributed by atoms with Gasteiger partial charge in [0.1, 0.15) is 0 Å². The fourth-order valence-corrected chi connectivity index (χ4v) is 2.62. The smallest absolute Gasteiger partial charge is 0.222 e. The van der Waals surface area contributed by atoms with Crippen LogP contribution in [0.5, 0.6) is 0 Å². The molecule has 110 valence electrons. The monoisotopic (exact) mass is 276 g/mol. The number of rotatable bonds is 4. The Kier molecular flexibility index (Phi) is 5.15. The van der Waals surface area contributed by atoms with Crippen molar-refractivity contribution in [3.05, 3.63) is 34.9 Å². The summed E-state index contributed by atoms with van der Waals surface area (Å²) in [6.07, 6.45) is 0.467. The van der Waals surface area contributed by atoms with Gasteiger partial charge in [-0.25, -0.2) is 0 Å². The molecule has 0 aliphatic carbocycles. The first-order valence-corrected chi connectivity index (χ1v) is 7.23. The predicted molar refractivity (Wildman–Crippen MR) is 79.7 cm³/mol. The van der Waals surface area contributed by atoms with E-state index in [4.69, 9.17) is 4.74 Å². The lowest BCUT2D eigenvalue weighted by atomic mass is 10.0. The van der Waals surface area contributed by atoms with Gasteiger partial charge in [0.05, 0.1) is 19.3 Å². The molecule has 2 N–H and O–H groups in total. The summed E-state index contributed by atoms with van der Waals surface area (Å²) in [5.74, 6) is 0.0691. The summed E-state index contributed by atoms with van der Waals surface area (Å²) in [4.78, 5) is 12.1. The summed E-state index contributed by atoms with van der Waals surface area (Å²) in [6, 6.07) is 6.56. The van der Waals surface area contributed by atoms with Gasteiger partial charge in [-0.1, -0.05) is 29.3 Å². The second-order valence-corrected chi connectivity index (χ2v) is 5.64. The lowest BCUT2D eigenvalue weighted by Crippen LogP contribution is -2.44. The molecule has 1 fully saturated rings. The average molecular weight is 276 g/mol. The van der Waals surface area contributed by atoms with Crippen LogP contribution >= 0.6 is 0 Å². The number of ether oxygens (including phenoxy) is 1. The number of aryl methyl sites for hydroxylation is 2. The number of carbonyl (C=O) groups excluding carboxylic acids is 1. The second-order valence-electron chi connectivity index (χ2n) is 5.64. The molecule has 2 rings (SSSR count). The summed E-state index contributed by atoms with van der Waals surface area (Å²) in [7, 11) is 0. The number of benzene rings is 1. The fraction of sp³-hybridized carbons (Fsp3) is 0.562. The van der Waals surface area contributed by atoms with E-state index in [-0.39, 0.29) is 18.0 Å². The molecule has 0 spiro atoms. The normalized spacial score (nSPS) is 20.4. The van der Waals surface area contributed by atoms with Gasteiger partial charge < -0.3 is 15.4 Å². The number of carbonyl (C=O) groups is 1. The van der Waals surface area contributed by atoms with Crippen LogP contribution in [0.3, 0.4) is 0 Å². The van der Waals surface area contributed by atoms with E-state index in [2.05, 4.69) is 42.7 Å². The highest BCUT2D eigenvalue weighted by atomic mass is 16.5. The molecule has 4 nitrogen and oxygen atoms in total. The van der Waals surface area contributed by atoms with Gasteiger partial charge in [0.25, 0.3) is 0 Å². The minimum atomic E-state index is 0.0330. The van der Waals surface area contributed by atoms with Crippen LogP contribution in [0.25, 0.3) is 0 Å². The van der Waals surface area contributed by atoms with Gasteiger partial charge in [-0.2, -0.15) is 0 Å². The summed E-state index contributed by atoms with van der Waals surface area (Å²) in [5.41, 5.74) is 3.61. The Morgan fingerprint density at radius 3 is 2.70 bits per heavy atom. The van der Waals surface area contributed by atoms with Gasteiger partial charge in [-0.3, -0.25) is 4.79 Å². The van der Waals surface area contributed by atoms with Crippen LogP contribution < -0.4 is 10.6 Å². The summed E-state index contributed by atoms with van der Waals surface area (Å²) >= 11 is 0. The minimum absolute atomic E-state index is 0.0330. The molecule has 20 heavy (non-hydrogen) atoms. The van der Waals surface area contributed by atoms with Crippen molar-refractivity contribution in [1.29, 1.82) is 0 Å². The number of nitrogens with one attached hydrogen (secondary N) is 2. The molecule has 4 heteroatoms. The van der Waals surface area contributed by atoms with E-state index < -0.39 is 0 Å². The standard InChI is InChI=1S/C16H24N2O2/c1-11-6-12(2)8-14(7-11)13(3)18-16(19)9-15-10-20-5-4-17-15/h6-8,13,15,17H,4-5,9-10H2,1-3H3,(H,18,19). The third-order valence-corrected chi connectivity index (χ3v) is 3.55. The number of hydrogen-bond acceptors (Lipinski definition) is 3. The van der Waals surface area contributed by atoms with E-state index in [9.17, 15) is 4.79 Å². The minimum Gasteiger partial charge on any atom is -0.378 e. The van der Waals surface area contributed by atoms with Crippen molar-refractivity contribution in [2.45, 2.75) is 39.3 Å². The Morgan fingerprint density at radius 2 is 2.10 bits per heavy atom. The largest absolute Gasteiger partial charge is 0.378 e. The molecule has 1 aliphatic heterocycles. The molecular formula is C16H24N2O2. The molecule has 0 radical (unpaired) electrons. The lowest BCUT2D eigenvalue weighted by molar-refractivity contribution is -0.122.